The van der Waals surface area contributed by atoms with Gasteiger partial charge in [0.1, 0.15) is 0 Å². The van der Waals surface area contributed by atoms with Crippen molar-refractivity contribution in [1.29, 1.82) is 0 Å². The summed E-state index contributed by atoms with van der Waals surface area (Å²) in [6.07, 6.45) is 0. The van der Waals surface area contributed by atoms with Gasteiger partial charge in [-0.25, -0.2) is 9.97 Å². The average molecular weight is 594 g/mol. The lowest BCUT2D eigenvalue weighted by molar-refractivity contribution is 0.661. The van der Waals surface area contributed by atoms with Crippen LogP contribution in [0.3, 0.4) is 0 Å². The van der Waals surface area contributed by atoms with Crippen LogP contribution in [0, 0.1) is 0 Å². The molecule has 212 valence electrons. The Bertz CT molecular complexity index is 2530. The summed E-state index contributed by atoms with van der Waals surface area (Å²) in [5, 5.41) is 3.77. The van der Waals surface area contributed by atoms with E-state index in [1.807, 2.05) is 29.5 Å². The molecule has 10 rings (SSSR count). The molecule has 6 aromatic carbocycles. The Morgan fingerprint density at radius 1 is 0.622 bits per heavy atom. The van der Waals surface area contributed by atoms with E-state index in [0.717, 1.165) is 50.6 Å². The fourth-order valence-electron chi connectivity index (χ4n) is 7.68. The summed E-state index contributed by atoms with van der Waals surface area (Å²) in [6, 6.07) is 46.0. The van der Waals surface area contributed by atoms with Gasteiger partial charge in [0.2, 0.25) is 0 Å². The van der Waals surface area contributed by atoms with Gasteiger partial charge in [-0.3, -0.25) is 0 Å². The van der Waals surface area contributed by atoms with E-state index < -0.39 is 0 Å². The second kappa shape index (κ2) is 8.87. The van der Waals surface area contributed by atoms with E-state index in [0.29, 0.717) is 0 Å². The molecule has 2 aromatic heterocycles. The molecule has 0 N–H and O–H groups in total. The molecule has 0 bridgehead atoms. The summed E-state index contributed by atoms with van der Waals surface area (Å²) in [4.78, 5) is 12.7. The zero-order chi connectivity index (χ0) is 29.9. The molecule has 0 radical (unpaired) electrons. The predicted molar refractivity (Wildman–Crippen MR) is 189 cm³/mol. The number of hydrogen-bond donors (Lipinski definition) is 0. The molecule has 0 spiro atoms. The van der Waals surface area contributed by atoms with Crippen LogP contribution in [0.4, 0.5) is 17.1 Å². The Hall–Kier alpha value is -5.32. The molecule has 3 heterocycles. The van der Waals surface area contributed by atoms with E-state index in [-0.39, 0.29) is 5.41 Å². The van der Waals surface area contributed by atoms with Gasteiger partial charge < -0.3 is 4.90 Å². The molecule has 0 atom stereocenters. The van der Waals surface area contributed by atoms with Gasteiger partial charge in [0.25, 0.3) is 0 Å². The van der Waals surface area contributed by atoms with Crippen LogP contribution < -0.4 is 4.90 Å². The van der Waals surface area contributed by atoms with Crippen molar-refractivity contribution in [2.45, 2.75) is 19.3 Å². The van der Waals surface area contributed by atoms with E-state index in [9.17, 15) is 0 Å². The molecule has 2 aliphatic rings. The maximum atomic E-state index is 5.20. The third-order valence-electron chi connectivity index (χ3n) is 9.80. The topological polar surface area (TPSA) is 29.0 Å². The number of nitrogens with zero attached hydrogens (tertiary/aromatic N) is 3. The molecular weight excluding hydrogens is 567 g/mol. The summed E-state index contributed by atoms with van der Waals surface area (Å²) < 4.78 is 2.72. The van der Waals surface area contributed by atoms with Gasteiger partial charge in [-0.05, 0) is 53.1 Å². The van der Waals surface area contributed by atoms with Gasteiger partial charge in [-0.15, -0.1) is 11.3 Å². The first kappa shape index (κ1) is 25.1. The van der Waals surface area contributed by atoms with Crippen molar-refractivity contribution in [3.8, 4) is 33.8 Å². The summed E-state index contributed by atoms with van der Waals surface area (Å²) >= 11 is 1.92. The first-order valence-electron chi connectivity index (χ1n) is 15.4. The molecule has 0 fully saturated rings. The summed E-state index contributed by atoms with van der Waals surface area (Å²) in [5.74, 6) is 0.752. The Balaban J connectivity index is 1.23. The number of rotatable bonds is 2. The lowest BCUT2D eigenvalue weighted by Crippen LogP contribution is -2.17. The van der Waals surface area contributed by atoms with Gasteiger partial charge in [0, 0.05) is 48.0 Å². The quantitative estimate of drug-likeness (QED) is 0.200. The van der Waals surface area contributed by atoms with Gasteiger partial charge in [0.05, 0.1) is 28.0 Å². The van der Waals surface area contributed by atoms with Crippen LogP contribution in [0.2, 0.25) is 0 Å². The lowest BCUT2D eigenvalue weighted by Gasteiger charge is -2.33. The Morgan fingerprint density at radius 3 is 2.31 bits per heavy atom. The lowest BCUT2D eigenvalue weighted by atomic mass is 9.82. The number of aromatic nitrogens is 2. The van der Waals surface area contributed by atoms with E-state index >= 15 is 0 Å². The maximum Gasteiger partial charge on any atom is 0.160 e. The van der Waals surface area contributed by atoms with Crippen molar-refractivity contribution in [2.24, 2.45) is 0 Å². The van der Waals surface area contributed by atoms with Crippen LogP contribution >= 0.6 is 11.3 Å². The van der Waals surface area contributed by atoms with Crippen LogP contribution in [-0.4, -0.2) is 9.97 Å². The van der Waals surface area contributed by atoms with Crippen molar-refractivity contribution in [1.82, 2.24) is 9.97 Å². The molecule has 4 heteroatoms. The summed E-state index contributed by atoms with van der Waals surface area (Å²) in [7, 11) is 0. The minimum absolute atomic E-state index is 0.0817. The monoisotopic (exact) mass is 593 g/mol. The van der Waals surface area contributed by atoms with E-state index in [2.05, 4.69) is 128 Å². The van der Waals surface area contributed by atoms with Gasteiger partial charge in [-0.1, -0.05) is 105 Å². The number of benzene rings is 6. The van der Waals surface area contributed by atoms with Crippen molar-refractivity contribution in [3.05, 3.63) is 139 Å². The average Bonchev–Trinajstić information content (AvgIpc) is 3.57. The van der Waals surface area contributed by atoms with Crippen LogP contribution in [0.1, 0.15) is 25.0 Å². The SMILES string of the molecule is CC1(C)c2ccc(N3c4ccccc4-c4nc(-c5ccccc5)nc5cccc3c45)cc2-c2c1ccc1c2sc2ccccc21. The molecule has 1 aliphatic heterocycles. The van der Waals surface area contributed by atoms with Crippen LogP contribution in [-0.2, 0) is 5.41 Å². The number of hydrogen-bond acceptors (Lipinski definition) is 4. The summed E-state index contributed by atoms with van der Waals surface area (Å²) in [6.45, 7) is 4.73. The zero-order valence-corrected chi connectivity index (χ0v) is 25.7. The largest absolute Gasteiger partial charge is 0.309 e. The zero-order valence-electron chi connectivity index (χ0n) is 24.9. The van der Waals surface area contributed by atoms with Gasteiger partial charge in [-0.2, -0.15) is 0 Å². The Kier molecular flexibility index (Phi) is 4.94. The van der Waals surface area contributed by atoms with Crippen molar-refractivity contribution < 1.29 is 0 Å². The van der Waals surface area contributed by atoms with E-state index in [4.69, 9.17) is 9.97 Å². The van der Waals surface area contributed by atoms with Crippen molar-refractivity contribution in [2.75, 3.05) is 4.90 Å². The molecular formula is C41H27N3S. The highest BCUT2D eigenvalue weighted by Gasteiger charge is 2.38. The third-order valence-corrected chi connectivity index (χ3v) is 11.0. The smallest absolute Gasteiger partial charge is 0.160 e. The molecule has 0 unspecified atom stereocenters. The van der Waals surface area contributed by atoms with Crippen LogP contribution in [0.25, 0.3) is 64.8 Å². The highest BCUT2D eigenvalue weighted by molar-refractivity contribution is 7.26. The standard InChI is InChI=1S/C41H27N3S/c1-41(2)30-21-19-25(23-29(30)36-31(41)22-20-27-26-13-7-9-18-35(26)45-39(27)36)44-33-16-8-6-14-28(33)38-37-32(15-10-17-34(37)44)42-40(43-38)24-11-4-3-5-12-24/h3-23H,1-2H3. The fraction of sp³-hybridized carbons (Fsp3) is 0.0732. The number of fused-ring (bicyclic) bond motifs is 9. The molecule has 0 amide bonds. The molecule has 0 saturated heterocycles. The number of para-hydroxylation sites is 1. The number of anilines is 3. The van der Waals surface area contributed by atoms with E-state index in [1.54, 1.807) is 0 Å². The first-order chi connectivity index (χ1) is 22.1. The highest BCUT2D eigenvalue weighted by Crippen LogP contribution is 2.56. The van der Waals surface area contributed by atoms with Crippen molar-refractivity contribution >= 4 is 59.5 Å². The Labute approximate surface area is 265 Å². The van der Waals surface area contributed by atoms with Gasteiger partial charge >= 0.3 is 0 Å². The molecule has 1 aliphatic carbocycles. The van der Waals surface area contributed by atoms with Crippen LogP contribution in [0.15, 0.2) is 127 Å². The van der Waals surface area contributed by atoms with E-state index in [1.165, 1.54) is 42.4 Å². The molecule has 45 heavy (non-hydrogen) atoms. The third kappa shape index (κ3) is 3.35. The normalized spacial score (nSPS) is 14.1. The highest BCUT2D eigenvalue weighted by atomic mass is 32.1. The Morgan fingerprint density at radius 2 is 1.40 bits per heavy atom. The first-order valence-corrected chi connectivity index (χ1v) is 16.2. The summed E-state index contributed by atoms with van der Waals surface area (Å²) in [5.41, 5.74) is 12.9. The molecule has 0 saturated carbocycles. The second-order valence-corrected chi connectivity index (χ2v) is 13.7. The van der Waals surface area contributed by atoms with Crippen molar-refractivity contribution in [3.63, 3.8) is 0 Å². The van der Waals surface area contributed by atoms with Gasteiger partial charge in [0.15, 0.2) is 5.82 Å². The maximum absolute atomic E-state index is 5.20. The fourth-order valence-corrected chi connectivity index (χ4v) is 8.95. The molecule has 3 nitrogen and oxygen atoms in total. The minimum Gasteiger partial charge on any atom is -0.309 e. The predicted octanol–water partition coefficient (Wildman–Crippen LogP) is 11.4. The number of thiophene rings is 1. The minimum atomic E-state index is -0.0817. The van der Waals surface area contributed by atoms with Crippen LogP contribution in [0.5, 0.6) is 0 Å². The molecule has 8 aromatic rings. The second-order valence-electron chi connectivity index (χ2n) is 12.6.